The Hall–Kier alpha value is -0.120. The maximum atomic E-state index is 5.97. The van der Waals surface area contributed by atoms with Crippen molar-refractivity contribution in [2.24, 2.45) is 5.92 Å². The highest BCUT2D eigenvalue weighted by Gasteiger charge is 2.17. The molecule has 0 aromatic carbocycles. The molecule has 16 heavy (non-hydrogen) atoms. The number of hydrogen-bond acceptors (Lipinski definition) is 3. The molecule has 0 radical (unpaired) electrons. The standard InChI is InChI=1S/C13H27NO2/c1-3-5-13(9-14-7-4-2)16-11-12-6-8-15-10-12/h12-14H,3-11H2,1-2H3. The van der Waals surface area contributed by atoms with Crippen LogP contribution in [0.2, 0.25) is 0 Å². The van der Waals surface area contributed by atoms with Crippen LogP contribution in [0, 0.1) is 5.92 Å². The van der Waals surface area contributed by atoms with Crippen LogP contribution in [0.1, 0.15) is 39.5 Å². The monoisotopic (exact) mass is 229 g/mol. The first-order chi connectivity index (χ1) is 7.86. The second-order valence-corrected chi connectivity index (χ2v) is 4.68. The van der Waals surface area contributed by atoms with Gasteiger partial charge in [0.15, 0.2) is 0 Å². The van der Waals surface area contributed by atoms with Gasteiger partial charge in [-0.05, 0) is 25.8 Å². The first-order valence-corrected chi connectivity index (χ1v) is 6.76. The van der Waals surface area contributed by atoms with Crippen molar-refractivity contribution in [1.29, 1.82) is 0 Å². The Kier molecular flexibility index (Phi) is 7.81. The Morgan fingerprint density at radius 3 is 2.88 bits per heavy atom. The maximum Gasteiger partial charge on any atom is 0.0699 e. The van der Waals surface area contributed by atoms with Crippen molar-refractivity contribution < 1.29 is 9.47 Å². The van der Waals surface area contributed by atoms with E-state index in [2.05, 4.69) is 19.2 Å². The molecule has 1 saturated heterocycles. The van der Waals surface area contributed by atoms with E-state index in [9.17, 15) is 0 Å². The van der Waals surface area contributed by atoms with Crippen molar-refractivity contribution >= 4 is 0 Å². The van der Waals surface area contributed by atoms with Gasteiger partial charge in [-0.25, -0.2) is 0 Å². The molecule has 1 aliphatic heterocycles. The van der Waals surface area contributed by atoms with Gasteiger partial charge in [0.1, 0.15) is 0 Å². The molecule has 96 valence electrons. The summed E-state index contributed by atoms with van der Waals surface area (Å²) in [6.45, 7) is 9.18. The van der Waals surface area contributed by atoms with E-state index in [4.69, 9.17) is 9.47 Å². The Balaban J connectivity index is 2.10. The van der Waals surface area contributed by atoms with E-state index in [-0.39, 0.29) is 0 Å². The molecule has 0 bridgehead atoms. The average molecular weight is 229 g/mol. The molecule has 0 spiro atoms. The summed E-state index contributed by atoms with van der Waals surface area (Å²) in [4.78, 5) is 0. The molecular weight excluding hydrogens is 202 g/mol. The lowest BCUT2D eigenvalue weighted by molar-refractivity contribution is 0.0216. The first kappa shape index (κ1) is 13.9. The zero-order chi connectivity index (χ0) is 11.6. The fraction of sp³-hybridized carbons (Fsp3) is 1.00. The second kappa shape index (κ2) is 8.97. The molecule has 2 unspecified atom stereocenters. The highest BCUT2D eigenvalue weighted by atomic mass is 16.5. The normalized spacial score (nSPS) is 22.5. The lowest BCUT2D eigenvalue weighted by Gasteiger charge is -2.19. The smallest absolute Gasteiger partial charge is 0.0699 e. The van der Waals surface area contributed by atoms with E-state index in [1.54, 1.807) is 0 Å². The Morgan fingerprint density at radius 2 is 2.25 bits per heavy atom. The molecule has 0 aromatic rings. The van der Waals surface area contributed by atoms with Gasteiger partial charge in [-0.15, -0.1) is 0 Å². The van der Waals surface area contributed by atoms with Crippen LogP contribution in [0.4, 0.5) is 0 Å². The third-order valence-electron chi connectivity index (χ3n) is 3.00. The zero-order valence-corrected chi connectivity index (χ0v) is 10.8. The predicted octanol–water partition coefficient (Wildman–Crippen LogP) is 2.21. The summed E-state index contributed by atoms with van der Waals surface area (Å²) in [6, 6.07) is 0. The molecule has 0 saturated carbocycles. The lowest BCUT2D eigenvalue weighted by Crippen LogP contribution is -2.31. The van der Waals surface area contributed by atoms with Gasteiger partial charge in [0.2, 0.25) is 0 Å². The number of hydrogen-bond donors (Lipinski definition) is 1. The molecule has 1 heterocycles. The van der Waals surface area contributed by atoms with Crippen molar-refractivity contribution in [1.82, 2.24) is 5.32 Å². The number of nitrogens with one attached hydrogen (secondary N) is 1. The van der Waals surface area contributed by atoms with Gasteiger partial charge < -0.3 is 14.8 Å². The van der Waals surface area contributed by atoms with Gasteiger partial charge in [-0.3, -0.25) is 0 Å². The van der Waals surface area contributed by atoms with Crippen LogP contribution in [-0.2, 0) is 9.47 Å². The topological polar surface area (TPSA) is 30.5 Å². The Morgan fingerprint density at radius 1 is 1.38 bits per heavy atom. The van der Waals surface area contributed by atoms with Crippen LogP contribution in [0.15, 0.2) is 0 Å². The van der Waals surface area contributed by atoms with Crippen molar-refractivity contribution in [3.63, 3.8) is 0 Å². The van der Waals surface area contributed by atoms with E-state index in [1.165, 1.54) is 19.3 Å². The maximum absolute atomic E-state index is 5.97. The molecule has 1 rings (SSSR count). The fourth-order valence-corrected chi connectivity index (χ4v) is 1.99. The van der Waals surface area contributed by atoms with Gasteiger partial charge in [0.25, 0.3) is 0 Å². The zero-order valence-electron chi connectivity index (χ0n) is 10.8. The van der Waals surface area contributed by atoms with Crippen LogP contribution < -0.4 is 5.32 Å². The van der Waals surface area contributed by atoms with Crippen molar-refractivity contribution in [2.75, 3.05) is 32.9 Å². The highest BCUT2D eigenvalue weighted by molar-refractivity contribution is 4.66. The third-order valence-corrected chi connectivity index (χ3v) is 3.00. The second-order valence-electron chi connectivity index (χ2n) is 4.68. The molecule has 0 aromatic heterocycles. The Labute approximate surface area is 99.9 Å². The molecule has 1 aliphatic rings. The van der Waals surface area contributed by atoms with Crippen LogP contribution in [-0.4, -0.2) is 39.0 Å². The van der Waals surface area contributed by atoms with Crippen LogP contribution in [0.3, 0.4) is 0 Å². The van der Waals surface area contributed by atoms with E-state index in [0.29, 0.717) is 12.0 Å². The molecule has 2 atom stereocenters. The summed E-state index contributed by atoms with van der Waals surface area (Å²) in [5.41, 5.74) is 0. The highest BCUT2D eigenvalue weighted by Crippen LogP contribution is 2.14. The SMILES string of the molecule is CCCNCC(CCC)OCC1CCOC1. The van der Waals surface area contributed by atoms with E-state index in [0.717, 1.165) is 39.3 Å². The summed E-state index contributed by atoms with van der Waals surface area (Å²) in [5.74, 6) is 0.630. The summed E-state index contributed by atoms with van der Waals surface area (Å²) in [6.07, 6.45) is 5.10. The summed E-state index contributed by atoms with van der Waals surface area (Å²) < 4.78 is 11.3. The van der Waals surface area contributed by atoms with Crippen LogP contribution in [0.5, 0.6) is 0 Å². The molecule has 0 aliphatic carbocycles. The van der Waals surface area contributed by atoms with Gasteiger partial charge >= 0.3 is 0 Å². The quantitative estimate of drug-likeness (QED) is 0.615. The van der Waals surface area contributed by atoms with E-state index < -0.39 is 0 Å². The number of ether oxygens (including phenoxy) is 2. The third kappa shape index (κ3) is 5.83. The molecule has 0 amide bonds. The molecular formula is C13H27NO2. The molecule has 3 heteroatoms. The van der Waals surface area contributed by atoms with Gasteiger partial charge in [-0.2, -0.15) is 0 Å². The largest absolute Gasteiger partial charge is 0.381 e. The molecule has 1 N–H and O–H groups in total. The minimum Gasteiger partial charge on any atom is -0.381 e. The fourth-order valence-electron chi connectivity index (χ4n) is 1.99. The Bertz CT molecular complexity index is 158. The molecule has 1 fully saturated rings. The van der Waals surface area contributed by atoms with Gasteiger partial charge in [0, 0.05) is 19.1 Å². The molecule has 3 nitrogen and oxygen atoms in total. The predicted molar refractivity (Wildman–Crippen MR) is 66.7 cm³/mol. The summed E-state index contributed by atoms with van der Waals surface area (Å²) >= 11 is 0. The summed E-state index contributed by atoms with van der Waals surface area (Å²) in [7, 11) is 0. The van der Waals surface area contributed by atoms with Gasteiger partial charge in [-0.1, -0.05) is 20.3 Å². The van der Waals surface area contributed by atoms with Crippen LogP contribution >= 0.6 is 0 Å². The van der Waals surface area contributed by atoms with E-state index >= 15 is 0 Å². The lowest BCUT2D eigenvalue weighted by atomic mass is 10.1. The average Bonchev–Trinajstić information content (AvgIpc) is 2.79. The van der Waals surface area contributed by atoms with Crippen LogP contribution in [0.25, 0.3) is 0 Å². The van der Waals surface area contributed by atoms with E-state index in [1.807, 2.05) is 0 Å². The van der Waals surface area contributed by atoms with Crippen molar-refractivity contribution in [3.8, 4) is 0 Å². The van der Waals surface area contributed by atoms with Gasteiger partial charge in [0.05, 0.1) is 19.3 Å². The first-order valence-electron chi connectivity index (χ1n) is 6.76. The minimum atomic E-state index is 0.386. The number of rotatable bonds is 9. The summed E-state index contributed by atoms with van der Waals surface area (Å²) in [5, 5.41) is 3.44. The van der Waals surface area contributed by atoms with Crippen molar-refractivity contribution in [3.05, 3.63) is 0 Å². The van der Waals surface area contributed by atoms with Crippen molar-refractivity contribution in [2.45, 2.75) is 45.6 Å². The minimum absolute atomic E-state index is 0.386.